The Labute approximate surface area is 152 Å². The van der Waals surface area contributed by atoms with E-state index in [0.717, 1.165) is 29.8 Å². The molecule has 0 saturated carbocycles. The zero-order valence-electron chi connectivity index (χ0n) is 14.7. The molecule has 0 bridgehead atoms. The minimum atomic E-state index is -0.747. The molecule has 0 aliphatic carbocycles. The highest BCUT2D eigenvalue weighted by molar-refractivity contribution is 5.73. The number of carboxylic acid groups (broad SMARTS) is 1. The first-order valence-electron chi connectivity index (χ1n) is 8.86. The van der Waals surface area contributed by atoms with Gasteiger partial charge in [0.15, 0.2) is 11.5 Å². The molecule has 1 saturated heterocycles. The number of pyridine rings is 1. The van der Waals surface area contributed by atoms with Crippen molar-refractivity contribution in [1.82, 2.24) is 9.88 Å². The predicted molar refractivity (Wildman–Crippen MR) is 95.4 cm³/mol. The highest BCUT2D eigenvalue weighted by atomic mass is 16.7. The molecule has 6 heteroatoms. The Morgan fingerprint density at radius 3 is 2.88 bits per heavy atom. The van der Waals surface area contributed by atoms with Gasteiger partial charge in [0.05, 0.1) is 5.92 Å². The summed E-state index contributed by atoms with van der Waals surface area (Å²) in [5.41, 5.74) is 1.99. The Morgan fingerprint density at radius 1 is 1.27 bits per heavy atom. The molecule has 3 atom stereocenters. The van der Waals surface area contributed by atoms with Gasteiger partial charge in [0, 0.05) is 30.4 Å². The van der Waals surface area contributed by atoms with Crippen molar-refractivity contribution in [2.24, 2.45) is 5.92 Å². The lowest BCUT2D eigenvalue weighted by atomic mass is 9.83. The van der Waals surface area contributed by atoms with Crippen molar-refractivity contribution in [3.05, 3.63) is 53.9 Å². The number of ether oxygens (including phenoxy) is 2. The van der Waals surface area contributed by atoms with Crippen LogP contribution in [0.3, 0.4) is 0 Å². The molecule has 2 aliphatic rings. The summed E-state index contributed by atoms with van der Waals surface area (Å²) in [6, 6.07) is 11.6. The molecular formula is C20H22N2O4. The second-order valence-electron chi connectivity index (χ2n) is 6.95. The van der Waals surface area contributed by atoms with E-state index in [0.29, 0.717) is 12.3 Å². The van der Waals surface area contributed by atoms with Gasteiger partial charge in [-0.15, -0.1) is 0 Å². The number of likely N-dealkylation sites (N-methyl/N-ethyl adjacent to an activating group) is 1. The fourth-order valence-corrected chi connectivity index (χ4v) is 4.14. The van der Waals surface area contributed by atoms with Gasteiger partial charge < -0.3 is 19.5 Å². The second-order valence-corrected chi connectivity index (χ2v) is 6.95. The molecule has 3 heterocycles. The number of carbonyl (C=O) groups is 1. The van der Waals surface area contributed by atoms with E-state index in [9.17, 15) is 9.90 Å². The van der Waals surface area contributed by atoms with Gasteiger partial charge in [0.1, 0.15) is 0 Å². The summed E-state index contributed by atoms with van der Waals surface area (Å²) < 4.78 is 10.8. The third kappa shape index (κ3) is 3.12. The average molecular weight is 354 g/mol. The van der Waals surface area contributed by atoms with Gasteiger partial charge in [-0.05, 0) is 49.7 Å². The van der Waals surface area contributed by atoms with Crippen molar-refractivity contribution in [3.8, 4) is 11.5 Å². The van der Waals surface area contributed by atoms with Crippen LogP contribution < -0.4 is 9.47 Å². The van der Waals surface area contributed by atoms with Gasteiger partial charge >= 0.3 is 5.97 Å². The van der Waals surface area contributed by atoms with Gasteiger partial charge in [0.25, 0.3) is 0 Å². The number of aryl methyl sites for hydroxylation is 1. The fraction of sp³-hybridized carbons (Fsp3) is 0.400. The van der Waals surface area contributed by atoms with E-state index in [2.05, 4.69) is 9.88 Å². The molecule has 1 aromatic heterocycles. The molecule has 136 valence electrons. The zero-order chi connectivity index (χ0) is 18.1. The molecule has 1 fully saturated rings. The standard InChI is InChI=1S/C20H22N2O4/c1-22-11-15(13-5-8-17-18(10-13)26-12-25-17)19(20(23)24)16(22)7-6-14-4-2-3-9-21-14/h2-5,8-10,15-16,19H,6-7,11-12H2,1H3,(H,23,24). The van der Waals surface area contributed by atoms with E-state index in [1.165, 1.54) is 0 Å². The molecule has 4 rings (SSSR count). The number of benzene rings is 1. The van der Waals surface area contributed by atoms with Crippen LogP contribution >= 0.6 is 0 Å². The van der Waals surface area contributed by atoms with Crippen LogP contribution in [0.15, 0.2) is 42.6 Å². The highest BCUT2D eigenvalue weighted by Crippen LogP contribution is 2.42. The Morgan fingerprint density at radius 2 is 2.12 bits per heavy atom. The molecular weight excluding hydrogens is 332 g/mol. The summed E-state index contributed by atoms with van der Waals surface area (Å²) in [6.07, 6.45) is 3.32. The van der Waals surface area contributed by atoms with Crippen molar-refractivity contribution in [3.63, 3.8) is 0 Å². The first-order chi connectivity index (χ1) is 12.6. The summed E-state index contributed by atoms with van der Waals surface area (Å²) in [6.45, 7) is 0.932. The largest absolute Gasteiger partial charge is 0.481 e. The van der Waals surface area contributed by atoms with Gasteiger partial charge in [-0.2, -0.15) is 0 Å². The Bertz CT molecular complexity index is 796. The second kappa shape index (κ2) is 6.96. The maximum absolute atomic E-state index is 12.1. The lowest BCUT2D eigenvalue weighted by Gasteiger charge is -2.23. The number of rotatable bonds is 5. The van der Waals surface area contributed by atoms with Crippen molar-refractivity contribution in [2.75, 3.05) is 20.4 Å². The van der Waals surface area contributed by atoms with E-state index in [4.69, 9.17) is 9.47 Å². The lowest BCUT2D eigenvalue weighted by Crippen LogP contribution is -2.34. The first kappa shape index (κ1) is 16.8. The quantitative estimate of drug-likeness (QED) is 0.890. The van der Waals surface area contributed by atoms with E-state index < -0.39 is 11.9 Å². The third-order valence-corrected chi connectivity index (χ3v) is 5.43. The molecule has 1 aromatic carbocycles. The SMILES string of the molecule is CN1CC(c2ccc3c(c2)OCO3)C(C(=O)O)C1CCc1ccccn1. The van der Waals surface area contributed by atoms with E-state index in [1.54, 1.807) is 6.20 Å². The van der Waals surface area contributed by atoms with Crippen LogP contribution in [0, 0.1) is 5.92 Å². The molecule has 3 unspecified atom stereocenters. The topological polar surface area (TPSA) is 71.9 Å². The van der Waals surface area contributed by atoms with Gasteiger partial charge in [-0.3, -0.25) is 9.78 Å². The first-order valence-corrected chi connectivity index (χ1v) is 8.86. The number of hydrogen-bond acceptors (Lipinski definition) is 5. The highest BCUT2D eigenvalue weighted by Gasteiger charge is 2.45. The Balaban J connectivity index is 1.55. The summed E-state index contributed by atoms with van der Waals surface area (Å²) in [5.74, 6) is 0.151. The minimum Gasteiger partial charge on any atom is -0.481 e. The smallest absolute Gasteiger partial charge is 0.308 e. The van der Waals surface area contributed by atoms with Crippen LogP contribution in [0.25, 0.3) is 0 Å². The summed E-state index contributed by atoms with van der Waals surface area (Å²) in [7, 11) is 2.01. The van der Waals surface area contributed by atoms with Gasteiger partial charge in [-0.1, -0.05) is 12.1 Å². The molecule has 2 aliphatic heterocycles. The van der Waals surface area contributed by atoms with E-state index >= 15 is 0 Å². The fourth-order valence-electron chi connectivity index (χ4n) is 4.14. The van der Waals surface area contributed by atoms with Crippen LogP contribution in [0.1, 0.15) is 23.6 Å². The third-order valence-electron chi connectivity index (χ3n) is 5.43. The molecule has 26 heavy (non-hydrogen) atoms. The molecule has 1 N–H and O–H groups in total. The summed E-state index contributed by atoms with van der Waals surface area (Å²) in [5, 5.41) is 9.93. The average Bonchev–Trinajstić information content (AvgIpc) is 3.24. The Hall–Kier alpha value is -2.60. The predicted octanol–water partition coefficient (Wildman–Crippen LogP) is 2.54. The van der Waals surface area contributed by atoms with Crippen LogP contribution in [-0.2, 0) is 11.2 Å². The van der Waals surface area contributed by atoms with Crippen LogP contribution in [0.2, 0.25) is 0 Å². The minimum absolute atomic E-state index is 0.0232. The van der Waals surface area contributed by atoms with Crippen LogP contribution in [0.5, 0.6) is 11.5 Å². The number of hydrogen-bond donors (Lipinski definition) is 1. The number of nitrogens with zero attached hydrogens (tertiary/aromatic N) is 2. The maximum Gasteiger partial charge on any atom is 0.308 e. The van der Waals surface area contributed by atoms with Crippen LogP contribution in [0.4, 0.5) is 0 Å². The van der Waals surface area contributed by atoms with Crippen LogP contribution in [-0.4, -0.2) is 47.4 Å². The van der Waals surface area contributed by atoms with Gasteiger partial charge in [-0.25, -0.2) is 0 Å². The Kier molecular flexibility index (Phi) is 4.51. The molecule has 0 radical (unpaired) electrons. The van der Waals surface area contributed by atoms with Crippen molar-refractivity contribution >= 4 is 5.97 Å². The lowest BCUT2D eigenvalue weighted by molar-refractivity contribution is -0.143. The van der Waals surface area contributed by atoms with Gasteiger partial charge in [0.2, 0.25) is 6.79 Å². The number of fused-ring (bicyclic) bond motifs is 1. The number of aliphatic carboxylic acids is 1. The molecule has 0 amide bonds. The number of carboxylic acids is 1. The maximum atomic E-state index is 12.1. The number of aromatic nitrogens is 1. The number of likely N-dealkylation sites (tertiary alicyclic amines) is 1. The van der Waals surface area contributed by atoms with Crippen molar-refractivity contribution in [2.45, 2.75) is 24.8 Å². The van der Waals surface area contributed by atoms with E-state index in [1.807, 2.05) is 43.4 Å². The monoisotopic (exact) mass is 354 g/mol. The van der Waals surface area contributed by atoms with E-state index in [-0.39, 0.29) is 18.8 Å². The van der Waals surface area contributed by atoms with Crippen molar-refractivity contribution < 1.29 is 19.4 Å². The van der Waals surface area contributed by atoms with Crippen molar-refractivity contribution in [1.29, 1.82) is 0 Å². The molecule has 0 spiro atoms. The normalized spacial score (nSPS) is 24.7. The summed E-state index contributed by atoms with van der Waals surface area (Å²) >= 11 is 0. The molecule has 6 nitrogen and oxygen atoms in total. The zero-order valence-corrected chi connectivity index (χ0v) is 14.7. The summed E-state index contributed by atoms with van der Waals surface area (Å²) in [4.78, 5) is 18.6. The molecule has 2 aromatic rings.